The van der Waals surface area contributed by atoms with Crippen LogP contribution in [0.25, 0.3) is 0 Å². The van der Waals surface area contributed by atoms with E-state index in [2.05, 4.69) is 14.7 Å². The van der Waals surface area contributed by atoms with E-state index in [1.807, 2.05) is 0 Å². The van der Waals surface area contributed by atoms with Crippen molar-refractivity contribution in [2.24, 2.45) is 0 Å². The van der Waals surface area contributed by atoms with Gasteiger partial charge in [0.1, 0.15) is 0 Å². The molecular formula is C7H8F2N2O2S. The standard InChI is InChI=1S/C7H8F2N2O2S/c1-2-13-5(12)7(8,9)14-6-10-3-4-11-6/h3-4H,2H2,1H3,(H,10,11). The summed E-state index contributed by atoms with van der Waals surface area (Å²) in [6.07, 6.45) is 2.72. The first-order valence-electron chi connectivity index (χ1n) is 3.79. The molecule has 0 aliphatic carbocycles. The topological polar surface area (TPSA) is 55.0 Å². The first kappa shape index (κ1) is 11.0. The van der Waals surface area contributed by atoms with Crippen molar-refractivity contribution in [1.82, 2.24) is 9.97 Å². The maximum absolute atomic E-state index is 13.0. The number of nitrogens with one attached hydrogen (secondary N) is 1. The van der Waals surface area contributed by atoms with E-state index in [9.17, 15) is 13.6 Å². The number of nitrogens with zero attached hydrogens (tertiary/aromatic N) is 1. The van der Waals surface area contributed by atoms with Gasteiger partial charge in [0.15, 0.2) is 5.16 Å². The first-order valence-corrected chi connectivity index (χ1v) is 4.61. The van der Waals surface area contributed by atoms with E-state index in [4.69, 9.17) is 0 Å². The Morgan fingerprint density at radius 2 is 2.50 bits per heavy atom. The Hall–Kier alpha value is -1.11. The van der Waals surface area contributed by atoms with Crippen LogP contribution >= 0.6 is 11.8 Å². The lowest BCUT2D eigenvalue weighted by molar-refractivity contribution is -0.159. The number of carbonyl (C=O) groups excluding carboxylic acids is 1. The van der Waals surface area contributed by atoms with Crippen molar-refractivity contribution in [3.8, 4) is 0 Å². The van der Waals surface area contributed by atoms with Crippen molar-refractivity contribution in [1.29, 1.82) is 0 Å². The van der Waals surface area contributed by atoms with Gasteiger partial charge in [0.25, 0.3) is 0 Å². The molecule has 0 radical (unpaired) electrons. The molecule has 0 bridgehead atoms. The molecule has 1 aromatic rings. The van der Waals surface area contributed by atoms with Crippen LogP contribution in [0.4, 0.5) is 8.78 Å². The quantitative estimate of drug-likeness (QED) is 0.621. The molecule has 1 N–H and O–H groups in total. The molecule has 0 aromatic carbocycles. The molecule has 0 fully saturated rings. The summed E-state index contributed by atoms with van der Waals surface area (Å²) in [5.41, 5.74) is 0. The second kappa shape index (κ2) is 4.41. The van der Waals surface area contributed by atoms with Crippen LogP contribution in [0.1, 0.15) is 6.92 Å². The van der Waals surface area contributed by atoms with Gasteiger partial charge in [-0.3, -0.25) is 0 Å². The summed E-state index contributed by atoms with van der Waals surface area (Å²) in [4.78, 5) is 16.8. The molecule has 0 saturated heterocycles. The van der Waals surface area contributed by atoms with Crippen molar-refractivity contribution >= 4 is 17.7 Å². The summed E-state index contributed by atoms with van der Waals surface area (Å²) in [5, 5.41) is -3.63. The number of esters is 1. The van der Waals surface area contributed by atoms with Gasteiger partial charge in [0, 0.05) is 12.4 Å². The average Bonchev–Trinajstić information content (AvgIpc) is 2.56. The van der Waals surface area contributed by atoms with Crippen molar-refractivity contribution < 1.29 is 18.3 Å². The van der Waals surface area contributed by atoms with Gasteiger partial charge in [-0.25, -0.2) is 9.78 Å². The number of thioether (sulfide) groups is 1. The largest absolute Gasteiger partial charge is 0.461 e. The highest BCUT2D eigenvalue weighted by Crippen LogP contribution is 2.34. The second-order valence-corrected chi connectivity index (χ2v) is 3.34. The first-order chi connectivity index (χ1) is 6.56. The van der Waals surface area contributed by atoms with Gasteiger partial charge in [-0.05, 0) is 18.7 Å². The normalized spacial score (nSPS) is 11.4. The molecule has 0 saturated carbocycles. The van der Waals surface area contributed by atoms with Gasteiger partial charge in [0.05, 0.1) is 6.61 Å². The van der Waals surface area contributed by atoms with Crippen molar-refractivity contribution in [2.75, 3.05) is 6.61 Å². The predicted octanol–water partition coefficient (Wildman–Crippen LogP) is 1.66. The molecule has 78 valence electrons. The number of H-pyrrole nitrogens is 1. The molecule has 0 atom stereocenters. The number of imidazole rings is 1. The van der Waals surface area contributed by atoms with Crippen LogP contribution in [0, 0.1) is 0 Å². The number of aromatic amines is 1. The Balaban J connectivity index is 2.61. The van der Waals surface area contributed by atoms with Crippen LogP contribution in [-0.4, -0.2) is 27.8 Å². The van der Waals surface area contributed by atoms with Gasteiger partial charge in [-0.1, -0.05) is 0 Å². The molecule has 0 spiro atoms. The summed E-state index contributed by atoms with van der Waals surface area (Å²) in [7, 11) is 0. The number of aromatic nitrogens is 2. The lowest BCUT2D eigenvalue weighted by atomic mass is 10.7. The Labute approximate surface area is 83.0 Å². The Kier molecular flexibility index (Phi) is 3.45. The molecular weight excluding hydrogens is 214 g/mol. The molecule has 0 amide bonds. The fraction of sp³-hybridized carbons (Fsp3) is 0.429. The third-order valence-electron chi connectivity index (χ3n) is 1.21. The Bertz CT molecular complexity index is 303. The molecule has 0 aliphatic heterocycles. The van der Waals surface area contributed by atoms with Crippen LogP contribution in [0.15, 0.2) is 17.6 Å². The minimum absolute atomic E-state index is 0.0250. The second-order valence-electron chi connectivity index (χ2n) is 2.23. The van der Waals surface area contributed by atoms with Crippen LogP contribution in [0.2, 0.25) is 0 Å². The summed E-state index contributed by atoms with van der Waals surface area (Å²) in [6.45, 7) is 1.39. The molecule has 1 aromatic heterocycles. The fourth-order valence-corrected chi connectivity index (χ4v) is 1.31. The van der Waals surface area contributed by atoms with E-state index in [-0.39, 0.29) is 23.5 Å². The van der Waals surface area contributed by atoms with Crippen molar-refractivity contribution in [3.63, 3.8) is 0 Å². The fourth-order valence-electron chi connectivity index (χ4n) is 0.685. The van der Waals surface area contributed by atoms with Crippen molar-refractivity contribution in [3.05, 3.63) is 12.4 Å². The van der Waals surface area contributed by atoms with Crippen LogP contribution in [-0.2, 0) is 9.53 Å². The zero-order valence-corrected chi connectivity index (χ0v) is 8.11. The zero-order chi connectivity index (χ0) is 10.6. The molecule has 0 unspecified atom stereocenters. The lowest BCUT2D eigenvalue weighted by Crippen LogP contribution is -2.27. The molecule has 1 rings (SSSR count). The molecule has 0 aliphatic rings. The lowest BCUT2D eigenvalue weighted by Gasteiger charge is -2.11. The third kappa shape index (κ3) is 2.69. The number of rotatable bonds is 4. The zero-order valence-electron chi connectivity index (χ0n) is 7.29. The SMILES string of the molecule is CCOC(=O)C(F)(F)Sc1ncc[nH]1. The summed E-state index contributed by atoms with van der Waals surface area (Å²) in [5.74, 6) is -1.55. The monoisotopic (exact) mass is 222 g/mol. The summed E-state index contributed by atoms with van der Waals surface area (Å²) >= 11 is 0.0261. The Morgan fingerprint density at radius 1 is 1.79 bits per heavy atom. The van der Waals surface area contributed by atoms with Crippen LogP contribution in [0.5, 0.6) is 0 Å². The van der Waals surface area contributed by atoms with E-state index < -0.39 is 11.2 Å². The Morgan fingerprint density at radius 3 is 3.00 bits per heavy atom. The highest BCUT2D eigenvalue weighted by Gasteiger charge is 2.42. The van der Waals surface area contributed by atoms with Gasteiger partial charge >= 0.3 is 11.2 Å². The minimum atomic E-state index is -3.60. The number of carbonyl (C=O) groups is 1. The van der Waals surface area contributed by atoms with Gasteiger partial charge in [-0.2, -0.15) is 8.78 Å². The van der Waals surface area contributed by atoms with E-state index >= 15 is 0 Å². The maximum atomic E-state index is 13.0. The van der Waals surface area contributed by atoms with Crippen LogP contribution < -0.4 is 0 Å². The van der Waals surface area contributed by atoms with E-state index in [0.29, 0.717) is 0 Å². The van der Waals surface area contributed by atoms with Gasteiger partial charge < -0.3 is 9.72 Å². The van der Waals surface area contributed by atoms with E-state index in [1.54, 1.807) is 0 Å². The molecule has 14 heavy (non-hydrogen) atoms. The molecule has 7 heteroatoms. The highest BCUT2D eigenvalue weighted by atomic mass is 32.2. The summed E-state index contributed by atoms with van der Waals surface area (Å²) in [6, 6.07) is 0. The number of alkyl halides is 2. The number of hydrogen-bond donors (Lipinski definition) is 1. The number of ether oxygens (including phenoxy) is 1. The van der Waals surface area contributed by atoms with E-state index in [0.717, 1.165) is 0 Å². The number of halogens is 2. The molecule has 1 heterocycles. The van der Waals surface area contributed by atoms with Crippen LogP contribution in [0.3, 0.4) is 0 Å². The minimum Gasteiger partial charge on any atom is -0.461 e. The summed E-state index contributed by atoms with van der Waals surface area (Å²) < 4.78 is 30.2. The predicted molar refractivity (Wildman–Crippen MR) is 46.0 cm³/mol. The van der Waals surface area contributed by atoms with Crippen molar-refractivity contribution in [2.45, 2.75) is 17.3 Å². The molecule has 4 nitrogen and oxygen atoms in total. The third-order valence-corrected chi connectivity index (χ3v) is 2.05. The average molecular weight is 222 g/mol. The number of hydrogen-bond acceptors (Lipinski definition) is 4. The smallest absolute Gasteiger partial charge is 0.395 e. The van der Waals surface area contributed by atoms with Gasteiger partial charge in [0.2, 0.25) is 0 Å². The maximum Gasteiger partial charge on any atom is 0.395 e. The van der Waals surface area contributed by atoms with E-state index in [1.165, 1.54) is 19.3 Å². The highest BCUT2D eigenvalue weighted by molar-refractivity contribution is 8.00. The van der Waals surface area contributed by atoms with Gasteiger partial charge in [-0.15, -0.1) is 0 Å².